The summed E-state index contributed by atoms with van der Waals surface area (Å²) in [5, 5.41) is 21.5. The molecule has 13 heteroatoms. The fraction of sp³-hybridized carbons (Fsp3) is 0.304. The summed E-state index contributed by atoms with van der Waals surface area (Å²) in [6.45, 7) is 3.27. The molecule has 1 heterocycles. The molecule has 0 radical (unpaired) electrons. The molecule has 0 unspecified atom stereocenters. The predicted molar refractivity (Wildman–Crippen MR) is 141 cm³/mol. The third kappa shape index (κ3) is 8.03. The van der Waals surface area contributed by atoms with Gasteiger partial charge in [0.25, 0.3) is 16.0 Å². The molecule has 3 N–H and O–H groups in total. The number of Topliss-reactive ketones (excluding diaryl/α,β-unsaturated/α-hetero) is 1. The summed E-state index contributed by atoms with van der Waals surface area (Å²) in [6, 6.07) is 10.4. The predicted octanol–water partition coefficient (Wildman–Crippen LogP) is 4.46. The second-order valence-corrected chi connectivity index (χ2v) is 12.8. The second-order valence-electron chi connectivity index (χ2n) is 7.71. The molecule has 0 atom stereocenters. The van der Waals surface area contributed by atoms with Crippen molar-refractivity contribution in [3.63, 3.8) is 0 Å². The van der Waals surface area contributed by atoms with Crippen molar-refractivity contribution in [3.8, 4) is 5.75 Å². The highest BCUT2D eigenvalue weighted by molar-refractivity contribution is 8.03. The first-order valence-corrected chi connectivity index (χ1v) is 15.1. The Kier molecular flexibility index (Phi) is 9.91. The molecule has 0 spiro atoms. The van der Waals surface area contributed by atoms with Crippen LogP contribution in [0.25, 0.3) is 0 Å². The van der Waals surface area contributed by atoms with Crippen LogP contribution in [-0.2, 0) is 22.3 Å². The lowest BCUT2D eigenvalue weighted by atomic mass is 10.0. The lowest BCUT2D eigenvalue weighted by Gasteiger charge is -2.12. The molecule has 3 rings (SSSR count). The van der Waals surface area contributed by atoms with E-state index in [-0.39, 0.29) is 18.1 Å². The summed E-state index contributed by atoms with van der Waals surface area (Å²) in [7, 11) is -4.12. The molecule has 9 nitrogen and oxygen atoms in total. The number of ketones is 1. The van der Waals surface area contributed by atoms with Gasteiger partial charge in [-0.2, -0.15) is 8.42 Å². The summed E-state index contributed by atoms with van der Waals surface area (Å²) in [6.07, 6.45) is 1.47. The maximum Gasteiger partial charge on any atom is 0.266 e. The van der Waals surface area contributed by atoms with E-state index in [0.29, 0.717) is 23.3 Å². The van der Waals surface area contributed by atoms with Crippen molar-refractivity contribution in [2.45, 2.75) is 46.0 Å². The van der Waals surface area contributed by atoms with E-state index in [1.165, 1.54) is 41.8 Å². The Morgan fingerprint density at radius 3 is 2.42 bits per heavy atom. The molecule has 0 aliphatic heterocycles. The number of carbonyl (C=O) groups excluding carboxylic acids is 2. The fourth-order valence-electron chi connectivity index (χ4n) is 3.17. The van der Waals surface area contributed by atoms with E-state index in [4.69, 9.17) is 4.55 Å². The Hall–Kier alpha value is -2.45. The highest BCUT2D eigenvalue weighted by Crippen LogP contribution is 2.40. The van der Waals surface area contributed by atoms with Crippen LogP contribution in [0.4, 0.5) is 0 Å². The number of hydrogen-bond donors (Lipinski definition) is 3. The van der Waals surface area contributed by atoms with E-state index in [0.717, 1.165) is 31.1 Å². The Balaban J connectivity index is 1.58. The van der Waals surface area contributed by atoms with Crippen LogP contribution in [0.5, 0.6) is 5.75 Å². The van der Waals surface area contributed by atoms with E-state index in [2.05, 4.69) is 15.5 Å². The molecular weight excluding hydrogens is 543 g/mol. The highest BCUT2D eigenvalue weighted by Gasteiger charge is 2.17. The molecule has 1 aromatic heterocycles. The van der Waals surface area contributed by atoms with Gasteiger partial charge in [-0.1, -0.05) is 60.3 Å². The van der Waals surface area contributed by atoms with Gasteiger partial charge in [-0.3, -0.25) is 14.1 Å². The molecule has 3 aromatic rings. The summed E-state index contributed by atoms with van der Waals surface area (Å²) >= 11 is 4.34. The number of thioether (sulfide) groups is 1. The molecule has 0 saturated carbocycles. The van der Waals surface area contributed by atoms with Gasteiger partial charge in [0.05, 0.1) is 11.3 Å². The number of nitrogens with zero attached hydrogens (tertiary/aromatic N) is 2. The van der Waals surface area contributed by atoms with Gasteiger partial charge in [0.2, 0.25) is 0 Å². The maximum absolute atomic E-state index is 12.1. The number of phenols is 1. The highest BCUT2D eigenvalue weighted by atomic mass is 32.2. The van der Waals surface area contributed by atoms with Crippen LogP contribution in [0.15, 0.2) is 50.0 Å². The lowest BCUT2D eigenvalue weighted by molar-refractivity contribution is 0.0954. The van der Waals surface area contributed by atoms with Crippen molar-refractivity contribution in [1.82, 2.24) is 15.5 Å². The van der Waals surface area contributed by atoms with Crippen molar-refractivity contribution in [2.75, 3.05) is 12.3 Å². The molecule has 192 valence electrons. The van der Waals surface area contributed by atoms with Gasteiger partial charge >= 0.3 is 0 Å². The van der Waals surface area contributed by atoms with Crippen LogP contribution in [0.2, 0.25) is 0 Å². The van der Waals surface area contributed by atoms with E-state index < -0.39 is 21.8 Å². The first-order valence-electron chi connectivity index (χ1n) is 10.9. The average molecular weight is 568 g/mol. The van der Waals surface area contributed by atoms with Gasteiger partial charge in [-0.15, -0.1) is 10.2 Å². The van der Waals surface area contributed by atoms with Crippen molar-refractivity contribution in [3.05, 3.63) is 58.7 Å². The first kappa shape index (κ1) is 28.1. The zero-order chi connectivity index (χ0) is 26.3. The number of nitrogens with one attached hydrogen (secondary N) is 1. The first-order chi connectivity index (χ1) is 17.1. The number of aromatic nitrogens is 2. The minimum atomic E-state index is -4.12. The third-order valence-electron chi connectivity index (χ3n) is 4.93. The van der Waals surface area contributed by atoms with Gasteiger partial charge in [-0.05, 0) is 43.2 Å². The number of aromatic hydroxyl groups is 1. The maximum atomic E-state index is 12.1. The molecule has 0 aliphatic carbocycles. The molecule has 36 heavy (non-hydrogen) atoms. The van der Waals surface area contributed by atoms with Crippen molar-refractivity contribution < 1.29 is 27.7 Å². The number of carbonyl (C=O) groups is 2. The zero-order valence-electron chi connectivity index (χ0n) is 19.6. The van der Waals surface area contributed by atoms with E-state index in [1.807, 2.05) is 13.0 Å². The summed E-state index contributed by atoms with van der Waals surface area (Å²) < 4.78 is 31.7. The van der Waals surface area contributed by atoms with Gasteiger partial charge in [0.15, 0.2) is 14.5 Å². The van der Waals surface area contributed by atoms with Crippen LogP contribution in [0, 0.1) is 0 Å². The minimum absolute atomic E-state index is 0.0315. The Bertz CT molecular complexity index is 1340. The molecule has 1 amide bonds. The quantitative estimate of drug-likeness (QED) is 0.163. The summed E-state index contributed by atoms with van der Waals surface area (Å²) in [5.41, 5.74) is 2.41. The van der Waals surface area contributed by atoms with Gasteiger partial charge in [-0.25, -0.2) is 0 Å². The molecule has 2 aromatic carbocycles. The SMILES string of the molecule is CCCc1c(Sc2nnc(SCc3ccc(C(=O)NCCS(=O)(=O)O)cc3)s2)ccc(C(C)=O)c1O. The van der Waals surface area contributed by atoms with Crippen LogP contribution in [0.3, 0.4) is 0 Å². The molecule has 0 saturated heterocycles. The normalized spacial score (nSPS) is 11.4. The zero-order valence-corrected chi connectivity index (χ0v) is 22.8. The molecular formula is C23H25N3O6S4. The second kappa shape index (κ2) is 12.7. The minimum Gasteiger partial charge on any atom is -0.507 e. The number of phenolic OH excluding ortho intramolecular Hbond substituents is 1. The third-order valence-corrected chi connectivity index (χ3v) is 8.93. The Morgan fingerprint density at radius 1 is 1.08 bits per heavy atom. The van der Waals surface area contributed by atoms with Crippen molar-refractivity contribution in [1.29, 1.82) is 0 Å². The van der Waals surface area contributed by atoms with Gasteiger partial charge in [0, 0.05) is 28.3 Å². The van der Waals surface area contributed by atoms with E-state index in [9.17, 15) is 23.1 Å². The smallest absolute Gasteiger partial charge is 0.266 e. The molecule has 0 aliphatic rings. The number of benzene rings is 2. The van der Waals surface area contributed by atoms with Crippen LogP contribution < -0.4 is 5.32 Å². The Labute approximate surface area is 221 Å². The van der Waals surface area contributed by atoms with Crippen LogP contribution in [0.1, 0.15) is 52.1 Å². The largest absolute Gasteiger partial charge is 0.507 e. The lowest BCUT2D eigenvalue weighted by Crippen LogP contribution is -2.28. The van der Waals surface area contributed by atoms with Crippen molar-refractivity contribution >= 4 is 56.7 Å². The van der Waals surface area contributed by atoms with E-state index in [1.54, 1.807) is 30.3 Å². The topological polar surface area (TPSA) is 147 Å². The molecule has 0 bridgehead atoms. The Morgan fingerprint density at radius 2 is 1.78 bits per heavy atom. The monoisotopic (exact) mass is 567 g/mol. The van der Waals surface area contributed by atoms with Gasteiger partial charge in [0.1, 0.15) is 5.75 Å². The fourth-order valence-corrected chi connectivity index (χ4v) is 6.63. The average Bonchev–Trinajstić information content (AvgIpc) is 3.26. The number of rotatable bonds is 12. The van der Waals surface area contributed by atoms with Crippen LogP contribution >= 0.6 is 34.9 Å². The standard InChI is InChI=1S/C23H25N3O6S4/c1-3-4-18-19(10-9-17(14(2)27)20(18)28)34-23-26-25-22(35-23)33-13-15-5-7-16(8-6-15)21(29)24-11-12-36(30,31)32/h5-10,28H,3-4,11-13H2,1-2H3,(H,24,29)(H,30,31,32). The van der Waals surface area contributed by atoms with E-state index >= 15 is 0 Å². The molecule has 0 fully saturated rings. The summed E-state index contributed by atoms with van der Waals surface area (Å²) in [5.74, 6) is -0.501. The van der Waals surface area contributed by atoms with Crippen molar-refractivity contribution in [2.24, 2.45) is 0 Å². The summed E-state index contributed by atoms with van der Waals surface area (Å²) in [4.78, 5) is 24.7. The number of hydrogen-bond acceptors (Lipinski definition) is 10. The van der Waals surface area contributed by atoms with Gasteiger partial charge < -0.3 is 10.4 Å². The number of amides is 1. The van der Waals surface area contributed by atoms with Crippen LogP contribution in [-0.4, -0.2) is 52.3 Å².